The first-order valence-electron chi connectivity index (χ1n) is 7.01. The lowest BCUT2D eigenvalue weighted by Crippen LogP contribution is -2.09. The number of anilines is 1. The Kier molecular flexibility index (Phi) is 5.63. The highest BCUT2D eigenvalue weighted by atomic mass is 16.5. The van der Waals surface area contributed by atoms with Crippen molar-refractivity contribution < 1.29 is 19.0 Å². The molecule has 1 amide bonds. The molecule has 5 heteroatoms. The van der Waals surface area contributed by atoms with Crippen molar-refractivity contribution in [3.8, 4) is 17.2 Å². The maximum atomic E-state index is 12.1. The number of carbonyl (C=O) groups is 1. The molecule has 0 aliphatic carbocycles. The molecule has 0 bridgehead atoms. The molecule has 0 spiro atoms. The molecule has 0 atom stereocenters. The summed E-state index contributed by atoms with van der Waals surface area (Å²) in [5.74, 6) is 1.67. The fourth-order valence-corrected chi connectivity index (χ4v) is 2.00. The number of ether oxygens (including phenoxy) is 3. The monoisotopic (exact) mass is 313 g/mol. The van der Waals surface area contributed by atoms with Crippen molar-refractivity contribution in [2.45, 2.75) is 0 Å². The zero-order chi connectivity index (χ0) is 16.7. The molecule has 23 heavy (non-hydrogen) atoms. The molecule has 0 radical (unpaired) electrons. The highest BCUT2D eigenvalue weighted by Crippen LogP contribution is 2.28. The number of hydrogen-bond donors (Lipinski definition) is 1. The third-order valence-electron chi connectivity index (χ3n) is 3.19. The maximum absolute atomic E-state index is 12.1. The lowest BCUT2D eigenvalue weighted by Gasteiger charge is -2.10. The van der Waals surface area contributed by atoms with Crippen molar-refractivity contribution in [1.29, 1.82) is 0 Å². The first-order valence-corrected chi connectivity index (χ1v) is 7.01. The second-order valence-electron chi connectivity index (χ2n) is 4.67. The minimum atomic E-state index is -0.264. The smallest absolute Gasteiger partial charge is 0.248 e. The van der Waals surface area contributed by atoms with Gasteiger partial charge in [0.25, 0.3) is 0 Å². The normalized spacial score (nSPS) is 10.4. The molecule has 5 nitrogen and oxygen atoms in total. The van der Waals surface area contributed by atoms with Gasteiger partial charge in [-0.25, -0.2) is 0 Å². The fourth-order valence-electron chi connectivity index (χ4n) is 2.00. The van der Waals surface area contributed by atoms with Crippen LogP contribution in [0.1, 0.15) is 5.56 Å². The van der Waals surface area contributed by atoms with E-state index in [1.54, 1.807) is 45.6 Å². The highest BCUT2D eigenvalue weighted by molar-refractivity contribution is 6.02. The Morgan fingerprint density at radius 1 is 0.957 bits per heavy atom. The lowest BCUT2D eigenvalue weighted by molar-refractivity contribution is -0.111. The van der Waals surface area contributed by atoms with Crippen LogP contribution in [-0.2, 0) is 4.79 Å². The molecule has 0 fully saturated rings. The zero-order valence-electron chi connectivity index (χ0n) is 13.3. The number of hydrogen-bond acceptors (Lipinski definition) is 4. The van der Waals surface area contributed by atoms with E-state index in [1.165, 1.54) is 6.08 Å². The quantitative estimate of drug-likeness (QED) is 0.831. The van der Waals surface area contributed by atoms with Crippen LogP contribution in [0.15, 0.2) is 48.5 Å². The van der Waals surface area contributed by atoms with E-state index in [0.717, 1.165) is 11.3 Å². The standard InChI is InChI=1S/C18H19NO4/c1-21-14-6-4-5-13(11-14)7-10-18(20)19-16-12-15(22-2)8-9-17(16)23-3/h4-12H,1-3H3,(H,19,20)/b10-7+. The largest absolute Gasteiger partial charge is 0.497 e. The van der Waals surface area contributed by atoms with E-state index in [2.05, 4.69) is 5.32 Å². The number of methoxy groups -OCH3 is 3. The Balaban J connectivity index is 2.11. The van der Waals surface area contributed by atoms with Crippen LogP contribution in [0.4, 0.5) is 5.69 Å². The predicted molar refractivity (Wildman–Crippen MR) is 90.2 cm³/mol. The van der Waals surface area contributed by atoms with Gasteiger partial charge >= 0.3 is 0 Å². The van der Waals surface area contributed by atoms with Crippen LogP contribution >= 0.6 is 0 Å². The number of rotatable bonds is 6. The first-order chi connectivity index (χ1) is 11.2. The van der Waals surface area contributed by atoms with Gasteiger partial charge in [-0.15, -0.1) is 0 Å². The Morgan fingerprint density at radius 3 is 2.39 bits per heavy atom. The Bertz CT molecular complexity index is 710. The minimum Gasteiger partial charge on any atom is -0.497 e. The number of benzene rings is 2. The van der Waals surface area contributed by atoms with Crippen LogP contribution in [-0.4, -0.2) is 27.2 Å². The second kappa shape index (κ2) is 7.89. The van der Waals surface area contributed by atoms with Crippen molar-refractivity contribution in [3.05, 3.63) is 54.1 Å². The summed E-state index contributed by atoms with van der Waals surface area (Å²) >= 11 is 0. The molecule has 0 saturated carbocycles. The number of carbonyl (C=O) groups excluding carboxylic acids is 1. The molecule has 0 aliphatic rings. The summed E-state index contributed by atoms with van der Waals surface area (Å²) in [5.41, 5.74) is 1.42. The van der Waals surface area contributed by atoms with E-state index in [1.807, 2.05) is 24.3 Å². The third kappa shape index (κ3) is 4.51. The molecular weight excluding hydrogens is 294 g/mol. The van der Waals surface area contributed by atoms with Gasteiger partial charge in [0.15, 0.2) is 0 Å². The minimum absolute atomic E-state index is 0.264. The van der Waals surface area contributed by atoms with Crippen molar-refractivity contribution in [1.82, 2.24) is 0 Å². The van der Waals surface area contributed by atoms with E-state index in [0.29, 0.717) is 17.2 Å². The van der Waals surface area contributed by atoms with Crippen LogP contribution in [0.25, 0.3) is 6.08 Å². The molecule has 0 aromatic heterocycles. The number of nitrogens with one attached hydrogen (secondary N) is 1. The van der Waals surface area contributed by atoms with Gasteiger partial charge in [0.1, 0.15) is 17.2 Å². The van der Waals surface area contributed by atoms with E-state index in [9.17, 15) is 4.79 Å². The summed E-state index contributed by atoms with van der Waals surface area (Å²) in [7, 11) is 4.71. The maximum Gasteiger partial charge on any atom is 0.248 e. The second-order valence-corrected chi connectivity index (χ2v) is 4.67. The summed E-state index contributed by atoms with van der Waals surface area (Å²) in [5, 5.41) is 2.77. The third-order valence-corrected chi connectivity index (χ3v) is 3.19. The summed E-state index contributed by atoms with van der Waals surface area (Å²) in [6.45, 7) is 0. The summed E-state index contributed by atoms with van der Waals surface area (Å²) < 4.78 is 15.5. The van der Waals surface area contributed by atoms with Crippen LogP contribution in [0.3, 0.4) is 0 Å². The topological polar surface area (TPSA) is 56.8 Å². The van der Waals surface area contributed by atoms with Gasteiger partial charge in [-0.3, -0.25) is 4.79 Å². The van der Waals surface area contributed by atoms with E-state index < -0.39 is 0 Å². The van der Waals surface area contributed by atoms with Gasteiger partial charge in [-0.05, 0) is 35.9 Å². The van der Waals surface area contributed by atoms with Gasteiger partial charge < -0.3 is 19.5 Å². The number of amides is 1. The van der Waals surface area contributed by atoms with E-state index >= 15 is 0 Å². The summed E-state index contributed by atoms with van der Waals surface area (Å²) in [6.07, 6.45) is 3.16. The van der Waals surface area contributed by atoms with Crippen molar-refractivity contribution in [2.75, 3.05) is 26.6 Å². The molecular formula is C18H19NO4. The van der Waals surface area contributed by atoms with Gasteiger partial charge in [0.05, 0.1) is 27.0 Å². The predicted octanol–water partition coefficient (Wildman–Crippen LogP) is 3.36. The zero-order valence-corrected chi connectivity index (χ0v) is 13.3. The fraction of sp³-hybridized carbons (Fsp3) is 0.167. The van der Waals surface area contributed by atoms with Gasteiger partial charge in [-0.2, -0.15) is 0 Å². The Hall–Kier alpha value is -2.95. The average Bonchev–Trinajstić information content (AvgIpc) is 2.60. The molecule has 2 aromatic carbocycles. The molecule has 1 N–H and O–H groups in total. The van der Waals surface area contributed by atoms with Crippen LogP contribution < -0.4 is 19.5 Å². The van der Waals surface area contributed by atoms with Gasteiger partial charge in [0.2, 0.25) is 5.91 Å². The van der Waals surface area contributed by atoms with Crippen LogP contribution in [0.2, 0.25) is 0 Å². The van der Waals surface area contributed by atoms with Gasteiger partial charge in [-0.1, -0.05) is 12.1 Å². The summed E-state index contributed by atoms with van der Waals surface area (Å²) in [4.78, 5) is 12.1. The Labute approximate surface area is 135 Å². The highest BCUT2D eigenvalue weighted by Gasteiger charge is 2.07. The van der Waals surface area contributed by atoms with Crippen LogP contribution in [0.5, 0.6) is 17.2 Å². The lowest BCUT2D eigenvalue weighted by atomic mass is 10.2. The molecule has 0 saturated heterocycles. The van der Waals surface area contributed by atoms with E-state index in [-0.39, 0.29) is 5.91 Å². The van der Waals surface area contributed by atoms with Crippen molar-refractivity contribution >= 4 is 17.7 Å². The molecule has 0 heterocycles. The molecule has 2 aromatic rings. The first kappa shape index (κ1) is 16.4. The van der Waals surface area contributed by atoms with E-state index in [4.69, 9.17) is 14.2 Å². The molecule has 0 unspecified atom stereocenters. The van der Waals surface area contributed by atoms with Gasteiger partial charge in [0, 0.05) is 12.1 Å². The average molecular weight is 313 g/mol. The summed E-state index contributed by atoms with van der Waals surface area (Å²) in [6, 6.07) is 12.6. The van der Waals surface area contributed by atoms with Crippen LogP contribution in [0, 0.1) is 0 Å². The molecule has 2 rings (SSSR count). The molecule has 120 valence electrons. The Morgan fingerprint density at radius 2 is 1.70 bits per heavy atom. The van der Waals surface area contributed by atoms with Crippen molar-refractivity contribution in [3.63, 3.8) is 0 Å². The SMILES string of the molecule is COc1cccc(/C=C/C(=O)Nc2cc(OC)ccc2OC)c1. The van der Waals surface area contributed by atoms with Crippen molar-refractivity contribution in [2.24, 2.45) is 0 Å². The molecule has 0 aliphatic heterocycles.